The number of allylic oxidation sites excluding steroid dienone is 2. The highest BCUT2D eigenvalue weighted by atomic mass is 16.5. The van der Waals surface area contributed by atoms with E-state index in [0.717, 1.165) is 19.3 Å². The van der Waals surface area contributed by atoms with Crippen LogP contribution in [0.1, 0.15) is 39.5 Å². The summed E-state index contributed by atoms with van der Waals surface area (Å²) in [5.74, 6) is -0.0819. The summed E-state index contributed by atoms with van der Waals surface area (Å²) in [6.45, 7) is 4.60. The number of unbranched alkanes of at least 4 members (excludes halogenated alkanes) is 1. The Morgan fingerprint density at radius 3 is 2.83 bits per heavy atom. The summed E-state index contributed by atoms with van der Waals surface area (Å²) in [4.78, 5) is 10.9. The van der Waals surface area contributed by atoms with Gasteiger partial charge in [0.2, 0.25) is 0 Å². The Morgan fingerprint density at radius 1 is 1.50 bits per heavy atom. The van der Waals surface area contributed by atoms with Gasteiger partial charge in [-0.3, -0.25) is 4.79 Å². The highest BCUT2D eigenvalue weighted by Crippen LogP contribution is 1.96. The maximum Gasteiger partial charge on any atom is 0.306 e. The van der Waals surface area contributed by atoms with Gasteiger partial charge in [0, 0.05) is 6.42 Å². The van der Waals surface area contributed by atoms with Gasteiger partial charge in [-0.25, -0.2) is 0 Å². The molecule has 0 aromatic carbocycles. The SMILES string of the molecule is C/C=C/CCC(=O)OCCCC. The lowest BCUT2D eigenvalue weighted by Gasteiger charge is -2.01. The highest BCUT2D eigenvalue weighted by Gasteiger charge is 1.98. The van der Waals surface area contributed by atoms with E-state index in [9.17, 15) is 4.79 Å². The fourth-order valence-corrected chi connectivity index (χ4v) is 0.770. The van der Waals surface area contributed by atoms with Gasteiger partial charge in [0.1, 0.15) is 0 Å². The van der Waals surface area contributed by atoms with E-state index in [1.165, 1.54) is 0 Å². The lowest BCUT2D eigenvalue weighted by atomic mass is 10.3. The molecular formula is C10H18O2. The molecule has 70 valence electrons. The van der Waals surface area contributed by atoms with Crippen LogP contribution >= 0.6 is 0 Å². The van der Waals surface area contributed by atoms with Gasteiger partial charge >= 0.3 is 5.97 Å². The predicted octanol–water partition coefficient (Wildman–Crippen LogP) is 2.69. The van der Waals surface area contributed by atoms with Crippen LogP contribution < -0.4 is 0 Å². The van der Waals surface area contributed by atoms with Crippen molar-refractivity contribution in [2.45, 2.75) is 39.5 Å². The van der Waals surface area contributed by atoms with E-state index < -0.39 is 0 Å². The van der Waals surface area contributed by atoms with Crippen LogP contribution in [0.5, 0.6) is 0 Å². The Balaban J connectivity index is 3.21. The third-order valence-corrected chi connectivity index (χ3v) is 1.51. The van der Waals surface area contributed by atoms with Crippen LogP contribution in [0.3, 0.4) is 0 Å². The van der Waals surface area contributed by atoms with E-state index in [2.05, 4.69) is 6.92 Å². The molecule has 2 nitrogen and oxygen atoms in total. The molecule has 0 aromatic rings. The summed E-state index contributed by atoms with van der Waals surface area (Å²) in [7, 11) is 0. The molecule has 12 heavy (non-hydrogen) atoms. The second-order valence-electron chi connectivity index (χ2n) is 2.68. The number of esters is 1. The van der Waals surface area contributed by atoms with Crippen molar-refractivity contribution >= 4 is 5.97 Å². The molecule has 0 rings (SSSR count). The first kappa shape index (κ1) is 11.2. The fourth-order valence-electron chi connectivity index (χ4n) is 0.770. The second kappa shape index (κ2) is 8.31. The normalized spacial score (nSPS) is 10.5. The summed E-state index contributed by atoms with van der Waals surface area (Å²) >= 11 is 0. The lowest BCUT2D eigenvalue weighted by Crippen LogP contribution is -2.04. The van der Waals surface area contributed by atoms with Crippen LogP contribution in [-0.2, 0) is 9.53 Å². The molecule has 0 amide bonds. The average Bonchev–Trinajstić information content (AvgIpc) is 2.06. The molecule has 0 aliphatic rings. The molecule has 0 saturated carbocycles. The van der Waals surface area contributed by atoms with Crippen molar-refractivity contribution in [1.29, 1.82) is 0 Å². The van der Waals surface area contributed by atoms with Crippen molar-refractivity contribution < 1.29 is 9.53 Å². The summed E-state index contributed by atoms with van der Waals surface area (Å²) < 4.78 is 4.96. The lowest BCUT2D eigenvalue weighted by molar-refractivity contribution is -0.143. The Morgan fingerprint density at radius 2 is 2.25 bits per heavy atom. The molecule has 0 radical (unpaired) electrons. The summed E-state index contributed by atoms with van der Waals surface area (Å²) in [5.41, 5.74) is 0. The summed E-state index contributed by atoms with van der Waals surface area (Å²) in [6.07, 6.45) is 7.26. The van der Waals surface area contributed by atoms with Crippen LogP contribution in [0.4, 0.5) is 0 Å². The van der Waals surface area contributed by atoms with Crippen LogP contribution in [0, 0.1) is 0 Å². The van der Waals surface area contributed by atoms with E-state index in [1.807, 2.05) is 19.1 Å². The predicted molar refractivity (Wildman–Crippen MR) is 49.9 cm³/mol. The first-order valence-corrected chi connectivity index (χ1v) is 4.58. The Labute approximate surface area is 74.6 Å². The van der Waals surface area contributed by atoms with Gasteiger partial charge in [0.15, 0.2) is 0 Å². The standard InChI is InChI=1S/C10H18O2/c1-3-5-7-8-10(11)12-9-6-4-2/h3,5H,4,6-9H2,1-2H3/b5-3+. The van der Waals surface area contributed by atoms with E-state index >= 15 is 0 Å². The van der Waals surface area contributed by atoms with E-state index in [1.54, 1.807) is 0 Å². The van der Waals surface area contributed by atoms with E-state index in [-0.39, 0.29) is 5.97 Å². The number of ether oxygens (including phenoxy) is 1. The van der Waals surface area contributed by atoms with Gasteiger partial charge < -0.3 is 4.74 Å². The molecule has 0 bridgehead atoms. The van der Waals surface area contributed by atoms with Gasteiger partial charge in [0.25, 0.3) is 0 Å². The first-order valence-electron chi connectivity index (χ1n) is 4.58. The third kappa shape index (κ3) is 7.32. The van der Waals surface area contributed by atoms with Crippen molar-refractivity contribution in [2.75, 3.05) is 6.61 Å². The van der Waals surface area contributed by atoms with Crippen molar-refractivity contribution in [1.82, 2.24) is 0 Å². The van der Waals surface area contributed by atoms with Crippen molar-refractivity contribution in [3.05, 3.63) is 12.2 Å². The quantitative estimate of drug-likeness (QED) is 0.348. The molecule has 0 unspecified atom stereocenters. The number of hydrogen-bond acceptors (Lipinski definition) is 2. The number of carbonyl (C=O) groups excluding carboxylic acids is 1. The molecule has 2 heteroatoms. The molecule has 0 atom stereocenters. The largest absolute Gasteiger partial charge is 0.466 e. The zero-order valence-electron chi connectivity index (χ0n) is 8.01. The number of carbonyl (C=O) groups is 1. The first-order chi connectivity index (χ1) is 5.81. The molecule has 0 aromatic heterocycles. The zero-order chi connectivity index (χ0) is 9.23. The summed E-state index contributed by atoms with van der Waals surface area (Å²) in [6, 6.07) is 0. The Hall–Kier alpha value is -0.790. The van der Waals surface area contributed by atoms with Crippen LogP contribution in [-0.4, -0.2) is 12.6 Å². The molecule has 0 aliphatic carbocycles. The van der Waals surface area contributed by atoms with Crippen molar-refractivity contribution in [3.63, 3.8) is 0 Å². The molecular weight excluding hydrogens is 152 g/mol. The average molecular weight is 170 g/mol. The molecule has 0 N–H and O–H groups in total. The van der Waals surface area contributed by atoms with Crippen molar-refractivity contribution in [3.8, 4) is 0 Å². The zero-order valence-corrected chi connectivity index (χ0v) is 8.01. The monoisotopic (exact) mass is 170 g/mol. The highest BCUT2D eigenvalue weighted by molar-refractivity contribution is 5.69. The van der Waals surface area contributed by atoms with Crippen LogP contribution in [0.25, 0.3) is 0 Å². The number of hydrogen-bond donors (Lipinski definition) is 0. The summed E-state index contributed by atoms with van der Waals surface area (Å²) in [5, 5.41) is 0. The second-order valence-corrected chi connectivity index (χ2v) is 2.68. The van der Waals surface area contributed by atoms with E-state index in [0.29, 0.717) is 13.0 Å². The van der Waals surface area contributed by atoms with Crippen LogP contribution in [0.2, 0.25) is 0 Å². The molecule has 0 aliphatic heterocycles. The molecule has 0 heterocycles. The van der Waals surface area contributed by atoms with Gasteiger partial charge in [-0.05, 0) is 19.8 Å². The van der Waals surface area contributed by atoms with E-state index in [4.69, 9.17) is 4.74 Å². The maximum absolute atomic E-state index is 10.9. The fraction of sp³-hybridized carbons (Fsp3) is 0.700. The van der Waals surface area contributed by atoms with Crippen LogP contribution in [0.15, 0.2) is 12.2 Å². The maximum atomic E-state index is 10.9. The Bertz CT molecular complexity index is 139. The van der Waals surface area contributed by atoms with Gasteiger partial charge in [0.05, 0.1) is 6.61 Å². The minimum Gasteiger partial charge on any atom is -0.466 e. The topological polar surface area (TPSA) is 26.3 Å². The molecule has 0 saturated heterocycles. The van der Waals surface area contributed by atoms with Gasteiger partial charge in [-0.15, -0.1) is 0 Å². The molecule has 0 fully saturated rings. The van der Waals surface area contributed by atoms with Gasteiger partial charge in [-0.2, -0.15) is 0 Å². The number of rotatable bonds is 6. The molecule has 0 spiro atoms. The minimum atomic E-state index is -0.0819. The Kier molecular flexibility index (Phi) is 7.76. The van der Waals surface area contributed by atoms with Gasteiger partial charge in [-0.1, -0.05) is 25.5 Å². The third-order valence-electron chi connectivity index (χ3n) is 1.51. The smallest absolute Gasteiger partial charge is 0.306 e. The minimum absolute atomic E-state index is 0.0819. The van der Waals surface area contributed by atoms with Crippen molar-refractivity contribution in [2.24, 2.45) is 0 Å².